The maximum atomic E-state index is 13.4. The van der Waals surface area contributed by atoms with Crippen LogP contribution in [0.5, 0.6) is 0 Å². The van der Waals surface area contributed by atoms with Gasteiger partial charge in [0, 0.05) is 18.3 Å². The number of anilines is 1. The zero-order valence-corrected chi connectivity index (χ0v) is 20.5. The number of hydrogen-bond donors (Lipinski definition) is 4. The maximum absolute atomic E-state index is 13.4. The van der Waals surface area contributed by atoms with Gasteiger partial charge in [0.25, 0.3) is 5.91 Å². The first kappa shape index (κ1) is 23.4. The molecule has 2 amide bonds. The molecule has 3 saturated carbocycles. The molecule has 2 bridgehead atoms. The van der Waals surface area contributed by atoms with E-state index in [2.05, 4.69) is 32.1 Å². The summed E-state index contributed by atoms with van der Waals surface area (Å²) in [5.41, 5.74) is 2.86. The zero-order chi connectivity index (χ0) is 25.6. The molecule has 0 aromatic carbocycles. The fourth-order valence-corrected chi connectivity index (χ4v) is 5.92. The van der Waals surface area contributed by atoms with E-state index in [1.165, 1.54) is 6.20 Å². The topological polar surface area (TPSA) is 144 Å². The van der Waals surface area contributed by atoms with Gasteiger partial charge in [0.1, 0.15) is 12.1 Å². The van der Waals surface area contributed by atoms with Gasteiger partial charge < -0.3 is 21.1 Å². The second-order valence-electron chi connectivity index (χ2n) is 10.6. The van der Waals surface area contributed by atoms with Gasteiger partial charge in [-0.05, 0) is 75.6 Å². The Balaban J connectivity index is 1.37. The standard InChI is InChI=1S/C27H29N7O3/c28-14-17-12-18-3-4-23(34(18)31-15-17)22-13-21(33-26-5-8-27(37,9-6-26)10-7-26)19(16-30-22)24(35)32-20-2-1-11-29-25(20)36/h3-4,12-13,15-16,20,37H,1-2,5-11H2,(H,29,36)(H,30,33)(H,32,35). The molecule has 10 heteroatoms. The van der Waals surface area contributed by atoms with Gasteiger partial charge in [0.05, 0.1) is 45.5 Å². The average Bonchev–Trinajstić information content (AvgIpc) is 3.34. The molecular formula is C27H29N7O3. The zero-order valence-electron chi connectivity index (χ0n) is 20.5. The van der Waals surface area contributed by atoms with Crippen LogP contribution < -0.4 is 16.0 Å². The van der Waals surface area contributed by atoms with Crippen LogP contribution in [0.25, 0.3) is 16.9 Å². The number of nitrogens with one attached hydrogen (secondary N) is 3. The number of aliphatic hydroxyl groups is 1. The number of piperidine rings is 1. The number of rotatable bonds is 5. The number of hydrogen-bond acceptors (Lipinski definition) is 7. The van der Waals surface area contributed by atoms with Crippen molar-refractivity contribution in [2.45, 2.75) is 68.5 Å². The quantitative estimate of drug-likeness (QED) is 0.422. The first-order chi connectivity index (χ1) is 17.9. The van der Waals surface area contributed by atoms with Crippen molar-refractivity contribution >= 4 is 23.0 Å². The van der Waals surface area contributed by atoms with Crippen molar-refractivity contribution < 1.29 is 14.7 Å². The van der Waals surface area contributed by atoms with Crippen LogP contribution in [0.1, 0.15) is 67.3 Å². The van der Waals surface area contributed by atoms with Crippen molar-refractivity contribution in [3.63, 3.8) is 0 Å². The molecule has 1 aliphatic heterocycles. The van der Waals surface area contributed by atoms with E-state index in [9.17, 15) is 20.0 Å². The Hall–Kier alpha value is -3.97. The van der Waals surface area contributed by atoms with E-state index < -0.39 is 11.6 Å². The average molecular weight is 500 g/mol. The van der Waals surface area contributed by atoms with Gasteiger partial charge >= 0.3 is 0 Å². The summed E-state index contributed by atoms with van der Waals surface area (Å²) >= 11 is 0. The number of amides is 2. The van der Waals surface area contributed by atoms with Gasteiger partial charge in [-0.15, -0.1) is 0 Å². The number of nitrogens with zero attached hydrogens (tertiary/aromatic N) is 4. The molecule has 3 aliphatic carbocycles. The molecule has 0 spiro atoms. The molecule has 1 unspecified atom stereocenters. The largest absolute Gasteiger partial charge is 0.390 e. The van der Waals surface area contributed by atoms with Gasteiger partial charge in [-0.25, -0.2) is 4.52 Å². The Kier molecular flexibility index (Phi) is 5.60. The highest BCUT2D eigenvalue weighted by atomic mass is 16.3. The summed E-state index contributed by atoms with van der Waals surface area (Å²) in [5, 5.41) is 33.7. The number of fused-ring (bicyclic) bond motifs is 4. The Morgan fingerprint density at radius 3 is 2.68 bits per heavy atom. The number of aromatic nitrogens is 3. The minimum absolute atomic E-state index is 0.168. The Bertz CT molecular complexity index is 1410. The normalized spacial score (nSPS) is 26.9. The number of carbonyl (C=O) groups excluding carboxylic acids is 2. The van der Waals surface area contributed by atoms with E-state index in [0.717, 1.165) is 56.2 Å². The fourth-order valence-electron chi connectivity index (χ4n) is 5.92. The lowest BCUT2D eigenvalue weighted by Crippen LogP contribution is -2.54. The second kappa shape index (κ2) is 8.85. The minimum atomic E-state index is -0.570. The summed E-state index contributed by atoms with van der Waals surface area (Å²) in [7, 11) is 0. The van der Waals surface area contributed by atoms with Crippen LogP contribution in [-0.2, 0) is 4.79 Å². The number of nitriles is 1. The monoisotopic (exact) mass is 499 g/mol. The molecule has 4 aliphatic rings. The molecule has 1 atom stereocenters. The van der Waals surface area contributed by atoms with Crippen molar-refractivity contribution in [1.82, 2.24) is 25.2 Å². The van der Waals surface area contributed by atoms with E-state index in [1.807, 2.05) is 18.2 Å². The molecule has 190 valence electrons. The molecule has 4 N–H and O–H groups in total. The molecule has 37 heavy (non-hydrogen) atoms. The molecule has 4 fully saturated rings. The molecule has 1 saturated heterocycles. The van der Waals surface area contributed by atoms with Gasteiger partial charge in [0.2, 0.25) is 5.91 Å². The van der Waals surface area contributed by atoms with Crippen LogP contribution in [0.3, 0.4) is 0 Å². The molecule has 4 heterocycles. The van der Waals surface area contributed by atoms with Crippen LogP contribution in [0.2, 0.25) is 0 Å². The van der Waals surface area contributed by atoms with Crippen molar-refractivity contribution in [2.24, 2.45) is 0 Å². The van der Waals surface area contributed by atoms with E-state index in [0.29, 0.717) is 35.5 Å². The third-order valence-electron chi connectivity index (χ3n) is 8.24. The smallest absolute Gasteiger partial charge is 0.255 e. The van der Waals surface area contributed by atoms with Crippen molar-refractivity contribution in [2.75, 3.05) is 11.9 Å². The predicted molar refractivity (Wildman–Crippen MR) is 136 cm³/mol. The van der Waals surface area contributed by atoms with Crippen LogP contribution in [0.4, 0.5) is 5.69 Å². The molecule has 3 aromatic heterocycles. The SMILES string of the molecule is N#Cc1cnn2c(-c3cc(NC45CCC(O)(CC4)CC5)c(C(=O)NC4CCCNC4=O)cn3)ccc2c1. The number of carbonyl (C=O) groups is 2. The van der Waals surface area contributed by atoms with E-state index in [1.54, 1.807) is 16.8 Å². The summed E-state index contributed by atoms with van der Waals surface area (Å²) in [6.07, 6.45) is 9.13. The molecule has 0 radical (unpaired) electrons. The lowest BCUT2D eigenvalue weighted by atomic mass is 9.63. The summed E-state index contributed by atoms with van der Waals surface area (Å²) in [4.78, 5) is 30.3. The van der Waals surface area contributed by atoms with E-state index in [4.69, 9.17) is 0 Å². The van der Waals surface area contributed by atoms with Crippen molar-refractivity contribution in [3.05, 3.63) is 47.8 Å². The summed E-state index contributed by atoms with van der Waals surface area (Å²) in [6, 6.07) is 8.92. The molecule has 3 aromatic rings. The Morgan fingerprint density at radius 2 is 1.95 bits per heavy atom. The highest BCUT2D eigenvalue weighted by molar-refractivity contribution is 6.02. The summed E-state index contributed by atoms with van der Waals surface area (Å²) in [5.74, 6) is -0.515. The molecule has 10 nitrogen and oxygen atoms in total. The first-order valence-electron chi connectivity index (χ1n) is 12.8. The molecule has 7 rings (SSSR count). The summed E-state index contributed by atoms with van der Waals surface area (Å²) in [6.45, 7) is 0.623. The highest BCUT2D eigenvalue weighted by Crippen LogP contribution is 2.48. The van der Waals surface area contributed by atoms with Crippen molar-refractivity contribution in [1.29, 1.82) is 5.26 Å². The van der Waals surface area contributed by atoms with Gasteiger partial charge in [0.15, 0.2) is 0 Å². The lowest BCUT2D eigenvalue weighted by molar-refractivity contribution is -0.124. The number of pyridine rings is 1. The van der Waals surface area contributed by atoms with Crippen LogP contribution >= 0.6 is 0 Å². The van der Waals surface area contributed by atoms with Gasteiger partial charge in [-0.2, -0.15) is 10.4 Å². The first-order valence-corrected chi connectivity index (χ1v) is 12.8. The Morgan fingerprint density at radius 1 is 1.16 bits per heavy atom. The minimum Gasteiger partial charge on any atom is -0.390 e. The van der Waals surface area contributed by atoms with Crippen molar-refractivity contribution in [3.8, 4) is 17.5 Å². The van der Waals surface area contributed by atoms with Gasteiger partial charge in [-0.1, -0.05) is 0 Å². The third-order valence-corrected chi connectivity index (χ3v) is 8.24. The van der Waals surface area contributed by atoms with E-state index >= 15 is 0 Å². The lowest BCUT2D eigenvalue weighted by Gasteiger charge is -2.51. The van der Waals surface area contributed by atoms with Crippen LogP contribution in [0, 0.1) is 11.3 Å². The second-order valence-corrected chi connectivity index (χ2v) is 10.6. The highest BCUT2D eigenvalue weighted by Gasteiger charge is 2.48. The van der Waals surface area contributed by atoms with Crippen LogP contribution in [0.15, 0.2) is 36.7 Å². The maximum Gasteiger partial charge on any atom is 0.255 e. The third kappa shape index (κ3) is 4.29. The van der Waals surface area contributed by atoms with Gasteiger partial charge in [-0.3, -0.25) is 14.6 Å². The molecular weight excluding hydrogens is 470 g/mol. The van der Waals surface area contributed by atoms with E-state index in [-0.39, 0.29) is 17.4 Å². The predicted octanol–water partition coefficient (Wildman–Crippen LogP) is 2.53. The summed E-state index contributed by atoms with van der Waals surface area (Å²) < 4.78 is 1.72. The Labute approximate surface area is 214 Å². The fraction of sp³-hybridized carbons (Fsp3) is 0.444. The van der Waals surface area contributed by atoms with Crippen LogP contribution in [-0.4, -0.2) is 55.2 Å².